The van der Waals surface area contributed by atoms with Crippen molar-refractivity contribution in [3.63, 3.8) is 0 Å². The van der Waals surface area contributed by atoms with Crippen LogP contribution in [0.2, 0.25) is 0 Å². The molecule has 0 saturated carbocycles. The van der Waals surface area contributed by atoms with Gasteiger partial charge in [-0.3, -0.25) is 10.3 Å². The number of nitrogens with one attached hydrogen (secondary N) is 1. The SMILES string of the molecule is N=C(N)c1ccccc1CN1CCCCC1. The minimum Gasteiger partial charge on any atom is -0.384 e. The van der Waals surface area contributed by atoms with Gasteiger partial charge < -0.3 is 5.73 Å². The van der Waals surface area contributed by atoms with Gasteiger partial charge in [0.25, 0.3) is 0 Å². The second kappa shape index (κ2) is 5.12. The van der Waals surface area contributed by atoms with E-state index in [-0.39, 0.29) is 5.84 Å². The van der Waals surface area contributed by atoms with Crippen molar-refractivity contribution in [2.45, 2.75) is 25.8 Å². The molecule has 1 aliphatic rings. The molecule has 3 nitrogen and oxygen atoms in total. The molecule has 1 saturated heterocycles. The predicted octanol–water partition coefficient (Wildman–Crippen LogP) is 1.96. The van der Waals surface area contributed by atoms with Crippen LogP contribution in [0.25, 0.3) is 0 Å². The van der Waals surface area contributed by atoms with E-state index >= 15 is 0 Å². The maximum absolute atomic E-state index is 7.55. The van der Waals surface area contributed by atoms with Crippen molar-refractivity contribution in [2.24, 2.45) is 5.73 Å². The first kappa shape index (κ1) is 11.1. The summed E-state index contributed by atoms with van der Waals surface area (Å²) in [5.41, 5.74) is 7.64. The highest BCUT2D eigenvalue weighted by atomic mass is 15.1. The van der Waals surface area contributed by atoms with Gasteiger partial charge in [-0.2, -0.15) is 0 Å². The molecule has 2 rings (SSSR count). The molecule has 0 bridgehead atoms. The molecule has 0 amide bonds. The molecule has 3 heteroatoms. The lowest BCUT2D eigenvalue weighted by Crippen LogP contribution is -2.30. The van der Waals surface area contributed by atoms with Crippen molar-refractivity contribution >= 4 is 5.84 Å². The largest absolute Gasteiger partial charge is 0.384 e. The minimum atomic E-state index is 0.174. The first-order chi connectivity index (χ1) is 7.77. The molecule has 0 radical (unpaired) electrons. The van der Waals surface area contributed by atoms with Crippen molar-refractivity contribution in [2.75, 3.05) is 13.1 Å². The quantitative estimate of drug-likeness (QED) is 0.600. The van der Waals surface area contributed by atoms with Crippen LogP contribution in [0.5, 0.6) is 0 Å². The van der Waals surface area contributed by atoms with Crippen LogP contribution < -0.4 is 5.73 Å². The lowest BCUT2D eigenvalue weighted by atomic mass is 10.0. The molecule has 0 spiro atoms. The van der Waals surface area contributed by atoms with Crippen LogP contribution in [0, 0.1) is 5.41 Å². The van der Waals surface area contributed by atoms with Crippen LogP contribution >= 0.6 is 0 Å². The smallest absolute Gasteiger partial charge is 0.123 e. The average Bonchev–Trinajstić information content (AvgIpc) is 2.31. The Labute approximate surface area is 96.8 Å². The molecule has 1 aromatic rings. The molecular formula is C13H19N3. The van der Waals surface area contributed by atoms with Crippen molar-refractivity contribution in [3.8, 4) is 0 Å². The summed E-state index contributed by atoms with van der Waals surface area (Å²) in [5.74, 6) is 0.174. The number of piperidine rings is 1. The number of amidine groups is 1. The third-order valence-corrected chi connectivity index (χ3v) is 3.15. The number of likely N-dealkylation sites (tertiary alicyclic amines) is 1. The van der Waals surface area contributed by atoms with E-state index in [1.165, 1.54) is 37.9 Å². The lowest BCUT2D eigenvalue weighted by Gasteiger charge is -2.27. The molecule has 0 aromatic heterocycles. The van der Waals surface area contributed by atoms with Crippen LogP contribution in [-0.4, -0.2) is 23.8 Å². The third-order valence-electron chi connectivity index (χ3n) is 3.15. The molecular weight excluding hydrogens is 198 g/mol. The molecule has 1 fully saturated rings. The Morgan fingerprint density at radius 2 is 1.88 bits per heavy atom. The molecule has 16 heavy (non-hydrogen) atoms. The standard InChI is InChI=1S/C13H19N3/c14-13(15)12-7-3-2-6-11(12)10-16-8-4-1-5-9-16/h2-3,6-7H,1,4-5,8-10H2,(H3,14,15). The molecule has 3 N–H and O–H groups in total. The summed E-state index contributed by atoms with van der Waals surface area (Å²) < 4.78 is 0. The van der Waals surface area contributed by atoms with Crippen LogP contribution in [0.3, 0.4) is 0 Å². The number of hydrogen-bond donors (Lipinski definition) is 2. The maximum atomic E-state index is 7.55. The van der Waals surface area contributed by atoms with E-state index in [4.69, 9.17) is 11.1 Å². The number of nitrogens with zero attached hydrogens (tertiary/aromatic N) is 1. The Morgan fingerprint density at radius 1 is 1.19 bits per heavy atom. The second-order valence-electron chi connectivity index (χ2n) is 4.41. The van der Waals surface area contributed by atoms with E-state index in [2.05, 4.69) is 11.0 Å². The molecule has 0 atom stereocenters. The number of benzene rings is 1. The van der Waals surface area contributed by atoms with Gasteiger partial charge in [0.2, 0.25) is 0 Å². The van der Waals surface area contributed by atoms with Crippen molar-refractivity contribution in [1.82, 2.24) is 4.90 Å². The molecule has 1 aromatic carbocycles. The van der Waals surface area contributed by atoms with Gasteiger partial charge >= 0.3 is 0 Å². The van der Waals surface area contributed by atoms with E-state index in [9.17, 15) is 0 Å². The topological polar surface area (TPSA) is 53.1 Å². The Morgan fingerprint density at radius 3 is 2.56 bits per heavy atom. The van der Waals surface area contributed by atoms with E-state index in [1.54, 1.807) is 0 Å². The fourth-order valence-corrected chi connectivity index (χ4v) is 2.28. The average molecular weight is 217 g/mol. The summed E-state index contributed by atoms with van der Waals surface area (Å²) in [6.45, 7) is 3.27. The Balaban J connectivity index is 2.10. The number of hydrogen-bond acceptors (Lipinski definition) is 2. The third kappa shape index (κ3) is 2.61. The molecule has 1 heterocycles. The Hall–Kier alpha value is -1.35. The zero-order valence-electron chi connectivity index (χ0n) is 9.58. The van der Waals surface area contributed by atoms with Gasteiger partial charge in [0.05, 0.1) is 0 Å². The van der Waals surface area contributed by atoms with Gasteiger partial charge in [0, 0.05) is 12.1 Å². The van der Waals surface area contributed by atoms with E-state index in [1.807, 2.05) is 18.2 Å². The van der Waals surface area contributed by atoms with Gasteiger partial charge in [0.15, 0.2) is 0 Å². The summed E-state index contributed by atoms with van der Waals surface area (Å²) in [7, 11) is 0. The molecule has 86 valence electrons. The maximum Gasteiger partial charge on any atom is 0.123 e. The molecule has 0 unspecified atom stereocenters. The summed E-state index contributed by atoms with van der Waals surface area (Å²) >= 11 is 0. The van der Waals surface area contributed by atoms with Crippen LogP contribution in [-0.2, 0) is 6.54 Å². The van der Waals surface area contributed by atoms with Crippen LogP contribution in [0.15, 0.2) is 24.3 Å². The predicted molar refractivity (Wildman–Crippen MR) is 66.6 cm³/mol. The number of nitrogen functional groups attached to an aromatic ring is 1. The lowest BCUT2D eigenvalue weighted by molar-refractivity contribution is 0.221. The summed E-state index contributed by atoms with van der Waals surface area (Å²) in [4.78, 5) is 2.45. The van der Waals surface area contributed by atoms with E-state index < -0.39 is 0 Å². The summed E-state index contributed by atoms with van der Waals surface area (Å²) in [6, 6.07) is 7.97. The summed E-state index contributed by atoms with van der Waals surface area (Å²) in [5, 5.41) is 7.55. The highest BCUT2D eigenvalue weighted by Crippen LogP contribution is 2.15. The normalized spacial score (nSPS) is 17.2. The Kier molecular flexibility index (Phi) is 3.57. The van der Waals surface area contributed by atoms with E-state index in [0.29, 0.717) is 0 Å². The summed E-state index contributed by atoms with van der Waals surface area (Å²) in [6.07, 6.45) is 3.94. The highest BCUT2D eigenvalue weighted by Gasteiger charge is 2.12. The van der Waals surface area contributed by atoms with Gasteiger partial charge in [-0.25, -0.2) is 0 Å². The van der Waals surface area contributed by atoms with E-state index in [0.717, 1.165) is 12.1 Å². The number of nitrogens with two attached hydrogens (primary N) is 1. The first-order valence-corrected chi connectivity index (χ1v) is 5.92. The van der Waals surface area contributed by atoms with Crippen molar-refractivity contribution in [1.29, 1.82) is 5.41 Å². The fourth-order valence-electron chi connectivity index (χ4n) is 2.28. The fraction of sp³-hybridized carbons (Fsp3) is 0.462. The zero-order chi connectivity index (χ0) is 11.4. The second-order valence-corrected chi connectivity index (χ2v) is 4.41. The van der Waals surface area contributed by atoms with Gasteiger partial charge in [-0.1, -0.05) is 30.7 Å². The van der Waals surface area contributed by atoms with Crippen molar-refractivity contribution < 1.29 is 0 Å². The van der Waals surface area contributed by atoms with Crippen molar-refractivity contribution in [3.05, 3.63) is 35.4 Å². The zero-order valence-corrected chi connectivity index (χ0v) is 9.58. The van der Waals surface area contributed by atoms with Gasteiger partial charge in [0.1, 0.15) is 5.84 Å². The van der Waals surface area contributed by atoms with Crippen LogP contribution in [0.1, 0.15) is 30.4 Å². The van der Waals surface area contributed by atoms with Gasteiger partial charge in [-0.15, -0.1) is 0 Å². The minimum absolute atomic E-state index is 0.174. The molecule has 0 aliphatic carbocycles. The van der Waals surface area contributed by atoms with Gasteiger partial charge in [-0.05, 0) is 31.5 Å². The van der Waals surface area contributed by atoms with Crippen LogP contribution in [0.4, 0.5) is 0 Å². The monoisotopic (exact) mass is 217 g/mol. The number of rotatable bonds is 3. The highest BCUT2D eigenvalue weighted by molar-refractivity contribution is 5.96. The molecule has 1 aliphatic heterocycles. The first-order valence-electron chi connectivity index (χ1n) is 5.92. The Bertz CT molecular complexity index is 367.